The Morgan fingerprint density at radius 3 is 2.65 bits per heavy atom. The molecule has 2 rings (SSSR count). The van der Waals surface area contributed by atoms with Crippen LogP contribution in [0.4, 0.5) is 0 Å². The lowest BCUT2D eigenvalue weighted by Gasteiger charge is -2.38. The van der Waals surface area contributed by atoms with Gasteiger partial charge < -0.3 is 10.2 Å². The fraction of sp³-hybridized carbons (Fsp3) is 0.571. The Bertz CT molecular complexity index is 503. The normalized spacial score (nSPS) is 23.1. The van der Waals surface area contributed by atoms with Crippen molar-refractivity contribution in [1.29, 1.82) is 0 Å². The average Bonchev–Trinajstić information content (AvgIpc) is 2.83. The largest absolute Gasteiger partial charge is 0.343 e. The van der Waals surface area contributed by atoms with Crippen LogP contribution in [-0.4, -0.2) is 28.8 Å². The first-order valence-corrected chi connectivity index (χ1v) is 8.11. The van der Waals surface area contributed by atoms with Crippen molar-refractivity contribution >= 4 is 34.8 Å². The first-order chi connectivity index (χ1) is 9.56. The summed E-state index contributed by atoms with van der Waals surface area (Å²) < 4.78 is 0.702. The minimum Gasteiger partial charge on any atom is -0.343 e. The lowest BCUT2D eigenvalue weighted by Crippen LogP contribution is -2.62. The smallest absolute Gasteiger partial charge is 0.246 e. The van der Waals surface area contributed by atoms with E-state index in [1.54, 1.807) is 4.90 Å². The number of hydrogen-bond acceptors (Lipinski definition) is 3. The van der Waals surface area contributed by atoms with Crippen molar-refractivity contribution in [3.05, 3.63) is 21.3 Å². The first kappa shape index (κ1) is 15.3. The van der Waals surface area contributed by atoms with Gasteiger partial charge in [0.2, 0.25) is 11.8 Å². The summed E-state index contributed by atoms with van der Waals surface area (Å²) in [7, 11) is 0. The van der Waals surface area contributed by atoms with Crippen LogP contribution in [0.2, 0.25) is 4.34 Å². The van der Waals surface area contributed by atoms with Gasteiger partial charge in [-0.15, -0.1) is 11.3 Å². The number of amides is 2. The summed E-state index contributed by atoms with van der Waals surface area (Å²) in [6, 6.07) is 2.97. The van der Waals surface area contributed by atoms with E-state index in [4.69, 9.17) is 11.6 Å². The minimum absolute atomic E-state index is 0.00933. The van der Waals surface area contributed by atoms with Gasteiger partial charge in [-0.3, -0.25) is 9.59 Å². The van der Waals surface area contributed by atoms with Gasteiger partial charge in [-0.1, -0.05) is 31.9 Å². The van der Waals surface area contributed by atoms with Gasteiger partial charge in [0.15, 0.2) is 0 Å². The molecule has 2 amide bonds. The number of carbonyl (C=O) groups excluding carboxylic acids is 2. The minimum atomic E-state index is -0.397. The summed E-state index contributed by atoms with van der Waals surface area (Å²) in [5, 5.41) is 2.82. The predicted octanol–water partition coefficient (Wildman–Crippen LogP) is 2.81. The van der Waals surface area contributed by atoms with E-state index in [0.29, 0.717) is 23.7 Å². The monoisotopic (exact) mass is 314 g/mol. The number of carbonyl (C=O) groups is 2. The maximum Gasteiger partial charge on any atom is 0.246 e. The van der Waals surface area contributed by atoms with E-state index in [1.165, 1.54) is 11.3 Å². The molecule has 2 atom stereocenters. The van der Waals surface area contributed by atoms with Gasteiger partial charge >= 0.3 is 0 Å². The van der Waals surface area contributed by atoms with Crippen molar-refractivity contribution in [3.8, 4) is 0 Å². The van der Waals surface area contributed by atoms with Gasteiger partial charge in [0.25, 0.3) is 0 Å². The molecule has 1 saturated heterocycles. The van der Waals surface area contributed by atoms with Crippen LogP contribution < -0.4 is 5.32 Å². The Balaban J connectivity index is 2.22. The molecule has 1 aliphatic rings. The highest BCUT2D eigenvalue weighted by Gasteiger charge is 2.39. The van der Waals surface area contributed by atoms with Crippen molar-refractivity contribution in [2.75, 3.05) is 0 Å². The second kappa shape index (κ2) is 6.59. The molecular formula is C14H19ClN2O2S. The summed E-state index contributed by atoms with van der Waals surface area (Å²) in [5.41, 5.74) is 0. The zero-order chi connectivity index (χ0) is 14.7. The molecule has 6 heteroatoms. The Kier molecular flexibility index (Phi) is 5.05. The molecule has 1 aliphatic heterocycles. The van der Waals surface area contributed by atoms with Crippen LogP contribution in [0.5, 0.6) is 0 Å². The second-order valence-corrected chi connectivity index (χ2v) is 6.75. The van der Waals surface area contributed by atoms with E-state index in [-0.39, 0.29) is 17.9 Å². The van der Waals surface area contributed by atoms with Crippen LogP contribution in [-0.2, 0) is 16.1 Å². The molecule has 0 radical (unpaired) electrons. The van der Waals surface area contributed by atoms with E-state index in [0.717, 1.165) is 11.3 Å². The molecule has 110 valence electrons. The Morgan fingerprint density at radius 2 is 2.10 bits per heavy atom. The molecular weight excluding hydrogens is 296 g/mol. The van der Waals surface area contributed by atoms with E-state index < -0.39 is 6.04 Å². The third-order valence-electron chi connectivity index (χ3n) is 3.50. The summed E-state index contributed by atoms with van der Waals surface area (Å²) in [6.45, 7) is 4.39. The molecule has 1 fully saturated rings. The lowest BCUT2D eigenvalue weighted by molar-refractivity contribution is -0.150. The zero-order valence-electron chi connectivity index (χ0n) is 11.7. The number of nitrogens with one attached hydrogen (secondary N) is 1. The number of halogens is 1. The molecule has 20 heavy (non-hydrogen) atoms. The molecule has 1 aromatic heterocycles. The van der Waals surface area contributed by atoms with E-state index in [9.17, 15) is 9.59 Å². The van der Waals surface area contributed by atoms with Gasteiger partial charge in [0, 0.05) is 4.88 Å². The van der Waals surface area contributed by atoms with Crippen molar-refractivity contribution in [3.63, 3.8) is 0 Å². The van der Waals surface area contributed by atoms with Gasteiger partial charge in [-0.2, -0.15) is 0 Å². The van der Waals surface area contributed by atoms with Gasteiger partial charge in [0.05, 0.1) is 10.9 Å². The Labute approximate surface area is 128 Å². The molecule has 0 aliphatic carbocycles. The number of rotatable bonds is 5. The van der Waals surface area contributed by atoms with Crippen molar-refractivity contribution < 1.29 is 9.59 Å². The van der Waals surface area contributed by atoms with E-state index in [2.05, 4.69) is 5.32 Å². The summed E-state index contributed by atoms with van der Waals surface area (Å²) >= 11 is 7.39. The molecule has 2 heterocycles. The summed E-state index contributed by atoms with van der Waals surface area (Å²) in [5.74, 6) is -0.0315. The number of piperazine rings is 1. The SMILES string of the molecule is CCCC1C(=O)NC(CC)C(=O)N1Cc1ccc(Cl)s1. The molecule has 1 aromatic rings. The molecule has 0 saturated carbocycles. The fourth-order valence-corrected chi connectivity index (χ4v) is 3.54. The van der Waals surface area contributed by atoms with E-state index in [1.807, 2.05) is 26.0 Å². The molecule has 4 nitrogen and oxygen atoms in total. The van der Waals surface area contributed by atoms with Crippen LogP contribution in [0.25, 0.3) is 0 Å². The van der Waals surface area contributed by atoms with Crippen molar-refractivity contribution in [2.45, 2.75) is 51.7 Å². The number of hydrogen-bond donors (Lipinski definition) is 1. The first-order valence-electron chi connectivity index (χ1n) is 6.91. The number of nitrogens with zero attached hydrogens (tertiary/aromatic N) is 1. The third-order valence-corrected chi connectivity index (χ3v) is 4.72. The maximum absolute atomic E-state index is 12.5. The molecule has 0 bridgehead atoms. The van der Waals surface area contributed by atoms with Crippen molar-refractivity contribution in [1.82, 2.24) is 10.2 Å². The quantitative estimate of drug-likeness (QED) is 0.908. The van der Waals surface area contributed by atoms with Crippen LogP contribution in [0.3, 0.4) is 0 Å². The predicted molar refractivity (Wildman–Crippen MR) is 80.8 cm³/mol. The Hall–Kier alpha value is -1.07. The van der Waals surface area contributed by atoms with Gasteiger partial charge in [0.1, 0.15) is 12.1 Å². The third kappa shape index (κ3) is 3.15. The summed E-state index contributed by atoms with van der Waals surface area (Å²) in [6.07, 6.45) is 2.17. The van der Waals surface area contributed by atoms with Gasteiger partial charge in [-0.25, -0.2) is 0 Å². The highest BCUT2D eigenvalue weighted by atomic mass is 35.5. The van der Waals surface area contributed by atoms with Crippen molar-refractivity contribution in [2.24, 2.45) is 0 Å². The van der Waals surface area contributed by atoms with E-state index >= 15 is 0 Å². The van der Waals surface area contributed by atoms with Crippen LogP contribution in [0, 0.1) is 0 Å². The molecule has 1 N–H and O–H groups in total. The van der Waals surface area contributed by atoms with Crippen LogP contribution in [0.15, 0.2) is 12.1 Å². The second-order valence-electron chi connectivity index (χ2n) is 4.95. The highest BCUT2D eigenvalue weighted by Crippen LogP contribution is 2.26. The average molecular weight is 315 g/mol. The maximum atomic E-state index is 12.5. The molecule has 2 unspecified atom stereocenters. The fourth-order valence-electron chi connectivity index (χ4n) is 2.45. The zero-order valence-corrected chi connectivity index (χ0v) is 13.3. The van der Waals surface area contributed by atoms with Crippen LogP contribution >= 0.6 is 22.9 Å². The highest BCUT2D eigenvalue weighted by molar-refractivity contribution is 7.16. The lowest BCUT2D eigenvalue weighted by atomic mass is 10.0. The van der Waals surface area contributed by atoms with Gasteiger partial charge in [-0.05, 0) is 25.0 Å². The Morgan fingerprint density at radius 1 is 1.35 bits per heavy atom. The molecule has 0 aromatic carbocycles. The number of thiophene rings is 1. The topological polar surface area (TPSA) is 49.4 Å². The molecule has 0 spiro atoms. The standard InChI is InChI=1S/C14H19ClN2O2S/c1-3-5-11-13(18)16-10(4-2)14(19)17(11)8-9-6-7-12(15)20-9/h6-7,10-11H,3-5,8H2,1-2H3,(H,16,18). The van der Waals surface area contributed by atoms with Crippen LogP contribution in [0.1, 0.15) is 38.0 Å². The summed E-state index contributed by atoms with van der Waals surface area (Å²) in [4.78, 5) is 27.4.